The highest BCUT2D eigenvalue weighted by molar-refractivity contribution is 5.96. The molecule has 3 aromatic carbocycles. The minimum atomic E-state index is -0.850. The van der Waals surface area contributed by atoms with Gasteiger partial charge >= 0.3 is 0 Å². The van der Waals surface area contributed by atoms with Gasteiger partial charge in [-0.3, -0.25) is 9.59 Å². The molecule has 212 valence electrons. The molecule has 3 rings (SSSR count). The van der Waals surface area contributed by atoms with Gasteiger partial charge in [0, 0.05) is 18.5 Å². The summed E-state index contributed by atoms with van der Waals surface area (Å²) in [5, 5.41) is 5.66. The van der Waals surface area contributed by atoms with Crippen molar-refractivity contribution in [1.29, 1.82) is 0 Å². The quantitative estimate of drug-likeness (QED) is 0.231. The zero-order valence-electron chi connectivity index (χ0n) is 22.8. The third-order valence-corrected chi connectivity index (χ3v) is 5.98. The second-order valence-corrected chi connectivity index (χ2v) is 8.63. The van der Waals surface area contributed by atoms with Crippen molar-refractivity contribution in [2.45, 2.75) is 25.4 Å². The van der Waals surface area contributed by atoms with Crippen LogP contribution in [0.3, 0.4) is 0 Å². The molecule has 3 aromatic rings. The number of amides is 2. The van der Waals surface area contributed by atoms with Crippen molar-refractivity contribution in [2.75, 3.05) is 28.4 Å². The average Bonchev–Trinajstić information content (AvgIpc) is 2.96. The van der Waals surface area contributed by atoms with E-state index in [-0.39, 0.29) is 37.0 Å². The SMILES string of the molecule is COc1cc(CNC(=O)C(Cc2ccccc2)NC(N)=NC(=O)Cc2ccc(OC)c(OC)c2OC)ccc1F. The fraction of sp³-hybridized carbons (Fsp3) is 0.276. The zero-order chi connectivity index (χ0) is 29.1. The Balaban J connectivity index is 1.74. The van der Waals surface area contributed by atoms with Crippen molar-refractivity contribution in [3.05, 3.63) is 83.2 Å². The molecule has 1 unspecified atom stereocenters. The predicted octanol–water partition coefficient (Wildman–Crippen LogP) is 2.76. The summed E-state index contributed by atoms with van der Waals surface area (Å²) in [6.45, 7) is 0.123. The molecule has 4 N–H and O–H groups in total. The third-order valence-electron chi connectivity index (χ3n) is 5.98. The van der Waals surface area contributed by atoms with E-state index >= 15 is 0 Å². The van der Waals surface area contributed by atoms with Gasteiger partial charge in [-0.25, -0.2) is 4.39 Å². The van der Waals surface area contributed by atoms with Crippen LogP contribution >= 0.6 is 0 Å². The average molecular weight is 553 g/mol. The number of rotatable bonds is 12. The fourth-order valence-corrected chi connectivity index (χ4v) is 4.04. The van der Waals surface area contributed by atoms with Gasteiger partial charge in [-0.2, -0.15) is 4.99 Å². The maximum Gasteiger partial charge on any atom is 0.253 e. The molecule has 0 heterocycles. The first-order valence-electron chi connectivity index (χ1n) is 12.3. The van der Waals surface area contributed by atoms with E-state index in [1.807, 2.05) is 30.3 Å². The zero-order valence-corrected chi connectivity index (χ0v) is 22.8. The number of aliphatic imine (C=N–C) groups is 1. The van der Waals surface area contributed by atoms with Crippen LogP contribution in [-0.2, 0) is 29.0 Å². The van der Waals surface area contributed by atoms with Gasteiger partial charge in [0.25, 0.3) is 5.91 Å². The lowest BCUT2D eigenvalue weighted by Crippen LogP contribution is -2.50. The molecule has 0 saturated heterocycles. The van der Waals surface area contributed by atoms with Crippen LogP contribution in [0.4, 0.5) is 4.39 Å². The fourth-order valence-electron chi connectivity index (χ4n) is 4.04. The Labute approximate surface area is 232 Å². The standard InChI is InChI=1S/C29H33FN4O6/c1-37-23-13-11-20(26(39-3)27(23)40-4)16-25(35)34-29(31)33-22(14-18-8-6-5-7-9-18)28(36)32-17-19-10-12-21(30)24(15-19)38-2/h5-13,15,22H,14,16-17H2,1-4H3,(H,32,36)(H3,31,33,34,35). The molecule has 0 aliphatic heterocycles. The van der Waals surface area contributed by atoms with E-state index in [9.17, 15) is 14.0 Å². The summed E-state index contributed by atoms with van der Waals surface area (Å²) in [6, 6.07) is 16.1. The Hall–Kier alpha value is -4.80. The van der Waals surface area contributed by atoms with Gasteiger partial charge in [-0.1, -0.05) is 42.5 Å². The molecule has 0 spiro atoms. The van der Waals surface area contributed by atoms with Gasteiger partial charge in [-0.15, -0.1) is 0 Å². The van der Waals surface area contributed by atoms with E-state index in [2.05, 4.69) is 15.6 Å². The first-order chi connectivity index (χ1) is 19.3. The number of benzene rings is 3. The Kier molecular flexibility index (Phi) is 10.7. The predicted molar refractivity (Wildman–Crippen MR) is 148 cm³/mol. The molecular weight excluding hydrogens is 519 g/mol. The number of guanidine groups is 1. The van der Waals surface area contributed by atoms with Crippen LogP contribution in [0.2, 0.25) is 0 Å². The Morgan fingerprint density at radius 3 is 2.23 bits per heavy atom. The number of hydrogen-bond acceptors (Lipinski definition) is 6. The Morgan fingerprint density at radius 2 is 1.57 bits per heavy atom. The normalized spacial score (nSPS) is 11.8. The number of ether oxygens (including phenoxy) is 4. The van der Waals surface area contributed by atoms with Crippen LogP contribution in [0.15, 0.2) is 65.7 Å². The number of hydrogen-bond donors (Lipinski definition) is 3. The highest BCUT2D eigenvalue weighted by atomic mass is 19.1. The lowest BCUT2D eigenvalue weighted by molar-refractivity contribution is -0.123. The molecular formula is C29H33FN4O6. The number of halogens is 1. The van der Waals surface area contributed by atoms with Crippen LogP contribution in [0.5, 0.6) is 23.0 Å². The van der Waals surface area contributed by atoms with Crippen molar-refractivity contribution in [3.8, 4) is 23.0 Å². The minimum absolute atomic E-state index is 0.0757. The van der Waals surface area contributed by atoms with Crippen LogP contribution in [-0.4, -0.2) is 52.3 Å². The van der Waals surface area contributed by atoms with Gasteiger partial charge in [0.15, 0.2) is 29.0 Å². The van der Waals surface area contributed by atoms with E-state index in [1.165, 1.54) is 40.6 Å². The summed E-state index contributed by atoms with van der Waals surface area (Å²) >= 11 is 0. The highest BCUT2D eigenvalue weighted by Crippen LogP contribution is 2.39. The topological polar surface area (TPSA) is 134 Å². The Bertz CT molecular complexity index is 1350. The molecule has 10 nitrogen and oxygen atoms in total. The molecule has 0 fully saturated rings. The number of methoxy groups -OCH3 is 4. The molecule has 0 aliphatic rings. The molecule has 0 saturated carbocycles. The van der Waals surface area contributed by atoms with Crippen LogP contribution in [0, 0.1) is 5.82 Å². The molecule has 0 radical (unpaired) electrons. The van der Waals surface area contributed by atoms with E-state index in [0.717, 1.165) is 5.56 Å². The number of carbonyl (C=O) groups excluding carboxylic acids is 2. The van der Waals surface area contributed by atoms with Gasteiger partial charge in [0.1, 0.15) is 6.04 Å². The van der Waals surface area contributed by atoms with E-state index in [0.29, 0.717) is 28.4 Å². The van der Waals surface area contributed by atoms with Crippen molar-refractivity contribution in [3.63, 3.8) is 0 Å². The smallest absolute Gasteiger partial charge is 0.253 e. The molecule has 40 heavy (non-hydrogen) atoms. The van der Waals surface area contributed by atoms with E-state index < -0.39 is 17.8 Å². The van der Waals surface area contributed by atoms with Crippen LogP contribution < -0.4 is 35.3 Å². The number of nitrogens with two attached hydrogens (primary N) is 1. The maximum absolute atomic E-state index is 13.7. The van der Waals surface area contributed by atoms with Gasteiger partial charge in [0.05, 0.1) is 34.9 Å². The number of nitrogens with one attached hydrogen (secondary N) is 2. The maximum atomic E-state index is 13.7. The van der Waals surface area contributed by atoms with Crippen molar-refractivity contribution >= 4 is 17.8 Å². The van der Waals surface area contributed by atoms with Crippen LogP contribution in [0.1, 0.15) is 16.7 Å². The van der Waals surface area contributed by atoms with Crippen molar-refractivity contribution in [1.82, 2.24) is 10.6 Å². The summed E-state index contributed by atoms with van der Waals surface area (Å²) < 4.78 is 34.8. The third kappa shape index (κ3) is 7.85. The summed E-state index contributed by atoms with van der Waals surface area (Å²) in [5.41, 5.74) is 8.09. The van der Waals surface area contributed by atoms with Gasteiger partial charge in [0.2, 0.25) is 11.7 Å². The molecule has 11 heteroatoms. The minimum Gasteiger partial charge on any atom is -0.494 e. The van der Waals surface area contributed by atoms with E-state index in [4.69, 9.17) is 24.7 Å². The first kappa shape index (κ1) is 29.8. The molecule has 0 aliphatic carbocycles. The number of carbonyl (C=O) groups is 2. The second kappa shape index (κ2) is 14.4. The van der Waals surface area contributed by atoms with Crippen molar-refractivity contribution in [2.24, 2.45) is 10.7 Å². The number of nitrogens with zero attached hydrogens (tertiary/aromatic N) is 1. The highest BCUT2D eigenvalue weighted by Gasteiger charge is 2.21. The lowest BCUT2D eigenvalue weighted by Gasteiger charge is -2.19. The first-order valence-corrected chi connectivity index (χ1v) is 12.3. The summed E-state index contributed by atoms with van der Waals surface area (Å²) in [6.07, 6.45) is 0.140. The second-order valence-electron chi connectivity index (χ2n) is 8.63. The van der Waals surface area contributed by atoms with Gasteiger partial charge in [-0.05, 0) is 29.3 Å². The summed E-state index contributed by atoms with van der Waals surface area (Å²) in [5.74, 6) is -0.447. The Morgan fingerprint density at radius 1 is 0.875 bits per heavy atom. The molecule has 1 atom stereocenters. The van der Waals surface area contributed by atoms with Crippen molar-refractivity contribution < 1.29 is 32.9 Å². The van der Waals surface area contributed by atoms with Crippen LogP contribution in [0.25, 0.3) is 0 Å². The van der Waals surface area contributed by atoms with E-state index in [1.54, 1.807) is 18.2 Å². The van der Waals surface area contributed by atoms with Gasteiger partial charge < -0.3 is 35.3 Å². The lowest BCUT2D eigenvalue weighted by atomic mass is 10.1. The molecule has 2 amide bonds. The summed E-state index contributed by atoms with van der Waals surface area (Å²) in [7, 11) is 5.79. The largest absolute Gasteiger partial charge is 0.494 e. The molecule has 0 aromatic heterocycles. The molecule has 0 bridgehead atoms. The monoisotopic (exact) mass is 552 g/mol. The summed E-state index contributed by atoms with van der Waals surface area (Å²) in [4.78, 5) is 29.9.